The van der Waals surface area contributed by atoms with Crippen molar-refractivity contribution >= 4 is 112 Å². The Morgan fingerprint density at radius 1 is 1.36 bits per heavy atom. The van der Waals surface area contributed by atoms with E-state index in [0.29, 0.717) is 0 Å². The Morgan fingerprint density at radius 3 is 2.64 bits per heavy atom. The monoisotopic (exact) mass is 719 g/mol. The number of hydrogen-bond donors (Lipinski definition) is 4. The van der Waals surface area contributed by atoms with Crippen molar-refractivity contribution in [2.75, 3.05) is 18.6 Å². The minimum Gasteiger partial charge on any atom is -0.543 e. The van der Waals surface area contributed by atoms with E-state index in [1.165, 1.54) is 18.6 Å². The number of thiazole rings is 1. The number of anilines is 1. The minimum atomic E-state index is -1.80. The van der Waals surface area contributed by atoms with Gasteiger partial charge in [0, 0.05) is 38.2 Å². The maximum atomic E-state index is 13.6. The molecule has 2 aromatic heterocycles. The topological polar surface area (TPSA) is 208 Å². The first-order valence-corrected chi connectivity index (χ1v) is 15.2. The molecule has 0 unspecified atom stereocenters. The fourth-order valence-electron chi connectivity index (χ4n) is 4.33. The number of rotatable bonds is 7. The van der Waals surface area contributed by atoms with Gasteiger partial charge in [-0.25, -0.2) is 4.98 Å². The van der Waals surface area contributed by atoms with Gasteiger partial charge in [0.25, 0.3) is 11.8 Å². The van der Waals surface area contributed by atoms with Gasteiger partial charge in [-0.3, -0.25) is 19.3 Å². The number of carbonyl (C=O) groups is 3. The zero-order chi connectivity index (χ0) is 29.8. The van der Waals surface area contributed by atoms with Crippen LogP contribution in [-0.2, 0) is 19.2 Å². The molecule has 0 saturated carbocycles. The maximum absolute atomic E-state index is 13.6. The van der Waals surface area contributed by atoms with E-state index in [4.69, 9.17) is 22.8 Å². The smallest absolute Gasteiger partial charge is 0.543 e. The fraction of sp³-hybridized carbons (Fsp3) is 0.174. The molecule has 2 atom stereocenters. The number of aromatic hydroxyl groups is 2. The summed E-state index contributed by atoms with van der Waals surface area (Å²) in [5, 5.41) is 40.2. The van der Waals surface area contributed by atoms with Crippen LogP contribution in [0.5, 0.6) is 11.5 Å². The second kappa shape index (κ2) is 12.2. The number of fused-ring (bicyclic) bond motifs is 2. The number of oxime groups is 1. The summed E-state index contributed by atoms with van der Waals surface area (Å²) < 4.78 is 0.266. The Hall–Kier alpha value is -2.58. The van der Waals surface area contributed by atoms with E-state index in [1.54, 1.807) is 0 Å². The molecule has 19 heteroatoms. The van der Waals surface area contributed by atoms with Gasteiger partial charge in [-0.2, -0.15) is 0 Å². The van der Waals surface area contributed by atoms with E-state index in [2.05, 4.69) is 31.4 Å². The number of halogens is 1. The SMILES string of the molecule is CO/N=C(\C(=O)N[C@]1(C=S)C(=O)N2C(C(=O)[O-])=C(c3sc4cc(O)c(O)cc4c(=O)c3Br)CS[C@H]21)c1csc(N)n1.[Na+]. The van der Waals surface area contributed by atoms with E-state index in [-0.39, 0.29) is 76.9 Å². The van der Waals surface area contributed by atoms with Crippen LogP contribution < -0.4 is 51.1 Å². The number of nitrogens with two attached hydrogens (primary N) is 1. The third-order valence-electron chi connectivity index (χ3n) is 6.18. The first-order chi connectivity index (χ1) is 19.4. The Morgan fingerprint density at radius 2 is 2.05 bits per heavy atom. The second-order valence-electron chi connectivity index (χ2n) is 8.50. The number of nitrogens with one attached hydrogen (secondary N) is 1. The van der Waals surface area contributed by atoms with Gasteiger partial charge in [0.05, 0.1) is 21.0 Å². The van der Waals surface area contributed by atoms with Crippen LogP contribution in [0.2, 0.25) is 0 Å². The molecule has 0 bridgehead atoms. The van der Waals surface area contributed by atoms with Gasteiger partial charge < -0.3 is 36.0 Å². The average Bonchev–Trinajstić information content (AvgIpc) is 3.37. The van der Waals surface area contributed by atoms with E-state index in [9.17, 15) is 34.5 Å². The van der Waals surface area contributed by atoms with Gasteiger partial charge in [-0.05, 0) is 22.0 Å². The molecule has 212 valence electrons. The summed E-state index contributed by atoms with van der Waals surface area (Å²) >= 11 is 11.5. The van der Waals surface area contributed by atoms with Gasteiger partial charge in [0.1, 0.15) is 18.2 Å². The van der Waals surface area contributed by atoms with Crippen LogP contribution in [0.15, 0.2) is 37.6 Å². The van der Waals surface area contributed by atoms with Gasteiger partial charge in [0.15, 0.2) is 27.9 Å². The number of hydrogen-bond acceptors (Lipinski definition) is 15. The largest absolute Gasteiger partial charge is 1.00 e. The third kappa shape index (κ3) is 5.12. The van der Waals surface area contributed by atoms with Crippen molar-refractivity contribution in [2.24, 2.45) is 5.16 Å². The van der Waals surface area contributed by atoms with E-state index >= 15 is 0 Å². The Balaban J connectivity index is 0.00000405. The van der Waals surface area contributed by atoms with Crippen LogP contribution in [0.4, 0.5) is 5.13 Å². The minimum absolute atomic E-state index is 0. The molecule has 2 aliphatic heterocycles. The van der Waals surface area contributed by atoms with Crippen LogP contribution in [0, 0.1) is 0 Å². The van der Waals surface area contributed by atoms with Crippen LogP contribution in [-0.4, -0.2) is 72.7 Å². The normalized spacial score (nSPS) is 20.0. The predicted molar refractivity (Wildman–Crippen MR) is 159 cm³/mol. The number of carbonyl (C=O) groups excluding carboxylic acids is 3. The van der Waals surface area contributed by atoms with Crippen molar-refractivity contribution in [1.82, 2.24) is 15.2 Å². The van der Waals surface area contributed by atoms with Crippen LogP contribution in [0.3, 0.4) is 0 Å². The number of carboxylic acid groups (broad SMARTS) is 1. The molecule has 3 aromatic rings. The third-order valence-corrected chi connectivity index (χ3v) is 10.8. The van der Waals surface area contributed by atoms with E-state index < -0.39 is 51.3 Å². The number of aliphatic carboxylic acids is 1. The predicted octanol–water partition coefficient (Wildman–Crippen LogP) is -2.24. The summed E-state index contributed by atoms with van der Waals surface area (Å²) in [6.07, 6.45) is 0. The maximum Gasteiger partial charge on any atom is 1.00 e. The van der Waals surface area contributed by atoms with Gasteiger partial charge in [0.2, 0.25) is 5.43 Å². The van der Waals surface area contributed by atoms with Crippen molar-refractivity contribution in [3.8, 4) is 11.5 Å². The van der Waals surface area contributed by atoms with Crippen molar-refractivity contribution in [3.05, 3.63) is 48.5 Å². The van der Waals surface area contributed by atoms with E-state index in [0.717, 1.165) is 50.8 Å². The summed E-state index contributed by atoms with van der Waals surface area (Å²) in [7, 11) is 1.22. The molecule has 0 spiro atoms. The number of thiocarbonyl (C=S) groups is 1. The number of phenolic OH excluding ortho intramolecular Hbond substituents is 2. The van der Waals surface area contributed by atoms with E-state index in [1.807, 2.05) is 0 Å². The van der Waals surface area contributed by atoms with Crippen molar-refractivity contribution in [3.63, 3.8) is 0 Å². The number of β-lactam (4-membered cyclic amide) rings is 1. The molecule has 0 radical (unpaired) electrons. The molecule has 1 aromatic carbocycles. The van der Waals surface area contributed by atoms with Crippen LogP contribution in [0.1, 0.15) is 10.6 Å². The van der Waals surface area contributed by atoms with Crippen molar-refractivity contribution in [1.29, 1.82) is 0 Å². The molecule has 4 heterocycles. The molecule has 42 heavy (non-hydrogen) atoms. The Bertz CT molecular complexity index is 1810. The fourth-order valence-corrected chi connectivity index (χ4v) is 8.61. The Labute approximate surface area is 283 Å². The molecule has 2 aliphatic rings. The molecule has 5 rings (SSSR count). The summed E-state index contributed by atoms with van der Waals surface area (Å²) in [4.78, 5) is 62.2. The van der Waals surface area contributed by atoms with Crippen LogP contribution in [0.25, 0.3) is 15.7 Å². The molecule has 13 nitrogen and oxygen atoms in total. The summed E-state index contributed by atoms with van der Waals surface area (Å²) in [6, 6.07) is 2.29. The van der Waals surface area contributed by atoms with Gasteiger partial charge >= 0.3 is 29.6 Å². The summed E-state index contributed by atoms with van der Waals surface area (Å²) in [6.45, 7) is 0. The summed E-state index contributed by atoms with van der Waals surface area (Å²) in [5.41, 5.74) is 2.72. The Kier molecular flexibility index (Phi) is 9.39. The molecule has 2 amide bonds. The zero-order valence-corrected chi connectivity index (χ0v) is 28.2. The number of thioether (sulfide) groups is 1. The number of carboxylic acids is 1. The standard InChI is InChI=1S/C23H16BrN5O8S4.Na/c1-37-28-14(9-5-40-22(25)26-9)18(33)27-23(6-38)20(36)29-15(19(34)35)8(4-39-21(23)29)17-13(24)16(32)7-2-10(30)11(31)3-12(7)41-17;/h2-3,5-6,21,30-31H,4H2,1H3,(H2,25,26)(H,27,33)(H,34,35);/q;+1/p-1/b28-14-;/t21-,23+;/m0./s1. The number of amides is 2. The second-order valence-corrected chi connectivity index (χ2v) is 12.5. The molecular formula is C23H15BrN5NaO8S4. The van der Waals surface area contributed by atoms with Crippen molar-refractivity contribution in [2.45, 2.75) is 10.9 Å². The van der Waals surface area contributed by atoms with Crippen LogP contribution >= 0.6 is 62.6 Å². The zero-order valence-electron chi connectivity index (χ0n) is 21.4. The average molecular weight is 721 g/mol. The number of nitrogens with zero attached hydrogens (tertiary/aromatic N) is 3. The number of phenols is 2. The quantitative estimate of drug-likeness (QED) is 0.0511. The molecule has 5 N–H and O–H groups in total. The number of benzene rings is 1. The first-order valence-electron chi connectivity index (χ1n) is 11.1. The van der Waals surface area contributed by atoms with Gasteiger partial charge in [-0.1, -0.05) is 17.4 Å². The number of aromatic nitrogens is 1. The van der Waals surface area contributed by atoms with Crippen molar-refractivity contribution < 1.29 is 64.1 Å². The molecule has 0 aliphatic carbocycles. The first kappa shape index (κ1) is 32.3. The molecule has 1 saturated heterocycles. The summed E-state index contributed by atoms with van der Waals surface area (Å²) in [5.74, 6) is -4.39. The molecular weight excluding hydrogens is 705 g/mol. The number of nitrogen functional groups attached to an aromatic ring is 1. The van der Waals surface area contributed by atoms with Gasteiger partial charge in [-0.15, -0.1) is 34.4 Å². The molecule has 1 fully saturated rings.